The molecule has 0 aromatic rings. The molecule has 0 saturated heterocycles. The van der Waals surface area contributed by atoms with Gasteiger partial charge in [-0.1, -0.05) is 235 Å². The first-order chi connectivity index (χ1) is 20.9. The number of hydrogen-bond acceptors (Lipinski definition) is 1. The lowest BCUT2D eigenvalue weighted by Crippen LogP contribution is -2.15. The van der Waals surface area contributed by atoms with Gasteiger partial charge in [-0.15, -0.1) is 0 Å². The quantitative estimate of drug-likeness (QED) is 0.0390. The third-order valence-corrected chi connectivity index (χ3v) is 13.0. The molecule has 0 aliphatic rings. The molecule has 43 heavy (non-hydrogen) atoms. The van der Waals surface area contributed by atoms with Gasteiger partial charge in [0.25, 0.3) is 0 Å². The molecule has 0 aromatic carbocycles. The van der Waals surface area contributed by atoms with Crippen LogP contribution in [0.2, 0.25) is 0 Å². The molecule has 0 aliphatic carbocycles. The smallest absolute Gasteiger partial charge is 0.324 e. The molecule has 0 fully saturated rings. The summed E-state index contributed by atoms with van der Waals surface area (Å²) in [6, 6.07) is 0. The summed E-state index contributed by atoms with van der Waals surface area (Å²) in [6.45, 7) is 4.57. The van der Waals surface area contributed by atoms with E-state index in [1.807, 2.05) is 0 Å². The number of unbranched alkanes of at least 4 members (excludes halogenated alkanes) is 30. The summed E-state index contributed by atoms with van der Waals surface area (Å²) in [5.41, 5.74) is 0. The average molecular weight is 694 g/mol. The van der Waals surface area contributed by atoms with Crippen LogP contribution in [-0.2, 0) is 4.57 Å². The van der Waals surface area contributed by atoms with Gasteiger partial charge < -0.3 is 9.79 Å². The third-order valence-electron chi connectivity index (χ3n) is 9.57. The van der Waals surface area contributed by atoms with Crippen molar-refractivity contribution < 1.29 is 14.4 Å². The Morgan fingerprint density at radius 2 is 0.581 bits per heavy atom. The van der Waals surface area contributed by atoms with Crippen molar-refractivity contribution in [1.29, 1.82) is 0 Å². The first-order valence-corrected chi connectivity index (χ1v) is 22.2. The van der Waals surface area contributed by atoms with Gasteiger partial charge in [-0.3, -0.25) is 4.57 Å². The highest BCUT2D eigenvalue weighted by molar-refractivity contribution is 9.10. The van der Waals surface area contributed by atoms with Gasteiger partial charge >= 0.3 is 7.60 Å². The van der Waals surface area contributed by atoms with Gasteiger partial charge in [0.15, 0.2) is 0 Å². The van der Waals surface area contributed by atoms with Crippen molar-refractivity contribution in [3.05, 3.63) is 0 Å². The average Bonchev–Trinajstić information content (AvgIpc) is 2.98. The van der Waals surface area contributed by atoms with Crippen LogP contribution >= 0.6 is 23.5 Å². The molecular formula is C38H78BrO3P. The van der Waals surface area contributed by atoms with E-state index < -0.39 is 12.2 Å². The lowest BCUT2D eigenvalue weighted by molar-refractivity contribution is 0.339. The molecule has 260 valence electrons. The standard InChI is InChI=1S/C38H78BrO3P/c1-3-5-7-9-11-13-15-17-19-21-23-25-27-29-31-33-35-37(38(39)43(40,41)42)36-34-32-30-28-26-24-22-20-18-16-14-12-10-8-6-4-2/h37-38H,3-36H2,1-2H3,(H2,40,41,42). The zero-order valence-electron chi connectivity index (χ0n) is 29.3. The Bertz CT molecular complexity index is 546. The van der Waals surface area contributed by atoms with Gasteiger partial charge in [0.2, 0.25) is 0 Å². The van der Waals surface area contributed by atoms with Crippen LogP contribution in [0.3, 0.4) is 0 Å². The van der Waals surface area contributed by atoms with E-state index in [4.69, 9.17) is 0 Å². The maximum absolute atomic E-state index is 12.0. The fourth-order valence-corrected chi connectivity index (χ4v) is 7.98. The SMILES string of the molecule is CCCCCCCCCCCCCCCCCCC(CCCCCCCCCCCCCCCCCC)C(Br)P(=O)(O)O. The van der Waals surface area contributed by atoms with E-state index in [0.29, 0.717) is 0 Å². The monoisotopic (exact) mass is 692 g/mol. The molecule has 0 spiro atoms. The molecule has 5 heteroatoms. The van der Waals surface area contributed by atoms with E-state index in [0.717, 1.165) is 25.7 Å². The van der Waals surface area contributed by atoms with Gasteiger partial charge in [0.1, 0.15) is 4.57 Å². The maximum atomic E-state index is 12.0. The van der Waals surface area contributed by atoms with Crippen LogP contribution in [0.1, 0.15) is 232 Å². The van der Waals surface area contributed by atoms with E-state index in [2.05, 4.69) is 29.8 Å². The molecule has 1 atom stereocenters. The van der Waals surface area contributed by atoms with Gasteiger partial charge in [-0.25, -0.2) is 0 Å². The summed E-state index contributed by atoms with van der Waals surface area (Å²) in [4.78, 5) is 19.6. The highest BCUT2D eigenvalue weighted by Crippen LogP contribution is 2.50. The van der Waals surface area contributed by atoms with Gasteiger partial charge in [-0.05, 0) is 18.8 Å². The largest absolute Gasteiger partial charge is 0.339 e. The summed E-state index contributed by atoms with van der Waals surface area (Å²) < 4.78 is 11.3. The molecule has 0 aliphatic heterocycles. The minimum atomic E-state index is -4.08. The van der Waals surface area contributed by atoms with Crippen molar-refractivity contribution in [2.45, 2.75) is 237 Å². The number of hydrogen-bond donors (Lipinski definition) is 2. The minimum absolute atomic E-state index is 0.0964. The van der Waals surface area contributed by atoms with Crippen molar-refractivity contribution in [3.8, 4) is 0 Å². The lowest BCUT2D eigenvalue weighted by Gasteiger charge is -2.23. The molecule has 3 nitrogen and oxygen atoms in total. The highest BCUT2D eigenvalue weighted by Gasteiger charge is 2.33. The number of rotatable bonds is 36. The Balaban J connectivity index is 3.70. The molecule has 0 rings (SSSR count). The normalized spacial score (nSPS) is 12.9. The molecule has 2 N–H and O–H groups in total. The fraction of sp³-hybridized carbons (Fsp3) is 1.00. The fourth-order valence-electron chi connectivity index (χ4n) is 6.60. The van der Waals surface area contributed by atoms with Crippen LogP contribution < -0.4 is 0 Å². The van der Waals surface area contributed by atoms with E-state index >= 15 is 0 Å². The second-order valence-electron chi connectivity index (χ2n) is 13.9. The zero-order valence-corrected chi connectivity index (χ0v) is 31.8. The summed E-state index contributed by atoms with van der Waals surface area (Å²) in [6.07, 6.45) is 45.4. The van der Waals surface area contributed by atoms with E-state index in [-0.39, 0.29) is 5.92 Å². The van der Waals surface area contributed by atoms with E-state index in [1.54, 1.807) is 0 Å². The second kappa shape index (κ2) is 34.0. The molecule has 0 amide bonds. The van der Waals surface area contributed by atoms with Crippen molar-refractivity contribution in [1.82, 2.24) is 0 Å². The van der Waals surface area contributed by atoms with Crippen molar-refractivity contribution in [2.75, 3.05) is 0 Å². The Labute approximate surface area is 279 Å². The van der Waals surface area contributed by atoms with E-state index in [9.17, 15) is 14.4 Å². The summed E-state index contributed by atoms with van der Waals surface area (Å²) >= 11 is 3.40. The Morgan fingerprint density at radius 3 is 0.767 bits per heavy atom. The summed E-state index contributed by atoms with van der Waals surface area (Å²) in [7, 11) is -4.08. The van der Waals surface area contributed by atoms with Gasteiger partial charge in [-0.2, -0.15) is 0 Å². The molecule has 0 radical (unpaired) electrons. The van der Waals surface area contributed by atoms with Crippen molar-refractivity contribution >= 4 is 23.5 Å². The molecule has 0 aromatic heterocycles. The molecule has 0 heterocycles. The van der Waals surface area contributed by atoms with Crippen LogP contribution in [0.5, 0.6) is 0 Å². The van der Waals surface area contributed by atoms with Crippen LogP contribution in [0.4, 0.5) is 0 Å². The predicted molar refractivity (Wildman–Crippen MR) is 197 cm³/mol. The summed E-state index contributed by atoms with van der Waals surface area (Å²) in [5.74, 6) is 0.0964. The maximum Gasteiger partial charge on any atom is 0.339 e. The van der Waals surface area contributed by atoms with Crippen LogP contribution in [0.15, 0.2) is 0 Å². The van der Waals surface area contributed by atoms with Crippen molar-refractivity contribution in [3.63, 3.8) is 0 Å². The second-order valence-corrected chi connectivity index (χ2v) is 17.3. The van der Waals surface area contributed by atoms with Gasteiger partial charge in [0.05, 0.1) is 0 Å². The lowest BCUT2D eigenvalue weighted by atomic mass is 9.95. The molecule has 1 unspecified atom stereocenters. The van der Waals surface area contributed by atoms with E-state index in [1.165, 1.54) is 193 Å². The molecule has 0 saturated carbocycles. The predicted octanol–water partition coefficient (Wildman–Crippen LogP) is 14.8. The first-order valence-electron chi connectivity index (χ1n) is 19.6. The topological polar surface area (TPSA) is 57.5 Å². The first kappa shape index (κ1) is 43.6. The van der Waals surface area contributed by atoms with Crippen molar-refractivity contribution in [2.24, 2.45) is 5.92 Å². The number of alkyl halides is 1. The Hall–Kier alpha value is 0.630. The Kier molecular flexibility index (Phi) is 34.5. The van der Waals surface area contributed by atoms with Crippen LogP contribution in [-0.4, -0.2) is 14.4 Å². The van der Waals surface area contributed by atoms with Gasteiger partial charge in [0, 0.05) is 0 Å². The number of halogens is 1. The zero-order chi connectivity index (χ0) is 31.7. The summed E-state index contributed by atoms with van der Waals surface area (Å²) in [5, 5.41) is 0. The van der Waals surface area contributed by atoms with Crippen LogP contribution in [0.25, 0.3) is 0 Å². The van der Waals surface area contributed by atoms with Crippen LogP contribution in [0, 0.1) is 5.92 Å². The molecule has 0 bridgehead atoms. The Morgan fingerprint density at radius 1 is 0.395 bits per heavy atom. The highest BCUT2D eigenvalue weighted by atomic mass is 79.9. The molecular weight excluding hydrogens is 615 g/mol. The third kappa shape index (κ3) is 32.4. The minimum Gasteiger partial charge on any atom is -0.324 e.